The predicted molar refractivity (Wildman–Crippen MR) is 90.2 cm³/mol. The highest BCUT2D eigenvalue weighted by atomic mass is 16.1. The van der Waals surface area contributed by atoms with Crippen LogP contribution in [0.3, 0.4) is 0 Å². The van der Waals surface area contributed by atoms with E-state index < -0.39 is 0 Å². The zero-order valence-corrected chi connectivity index (χ0v) is 12.5. The van der Waals surface area contributed by atoms with Crippen molar-refractivity contribution in [2.75, 3.05) is 0 Å². The molecule has 22 heavy (non-hydrogen) atoms. The summed E-state index contributed by atoms with van der Waals surface area (Å²) in [6.45, 7) is 2.43. The van der Waals surface area contributed by atoms with Gasteiger partial charge in [-0.15, -0.1) is 0 Å². The number of rotatable bonds is 4. The molecule has 3 aromatic rings. The smallest absolute Gasteiger partial charge is 0.244 e. The summed E-state index contributed by atoms with van der Waals surface area (Å²) >= 11 is 0. The van der Waals surface area contributed by atoms with Crippen molar-refractivity contribution in [2.45, 2.75) is 13.5 Å². The highest BCUT2D eigenvalue weighted by Crippen LogP contribution is 2.15. The maximum Gasteiger partial charge on any atom is 0.244 e. The summed E-state index contributed by atoms with van der Waals surface area (Å²) < 4.78 is 0. The molecule has 0 spiro atoms. The number of aromatic amines is 1. The summed E-state index contributed by atoms with van der Waals surface area (Å²) in [6.07, 6.45) is 1.64. The van der Waals surface area contributed by atoms with Crippen molar-refractivity contribution in [1.82, 2.24) is 10.3 Å². The van der Waals surface area contributed by atoms with Crippen molar-refractivity contribution < 1.29 is 4.79 Å². The number of carbonyl (C=O) groups excluding carboxylic acids is 1. The van der Waals surface area contributed by atoms with Gasteiger partial charge in [0.25, 0.3) is 0 Å². The van der Waals surface area contributed by atoms with Gasteiger partial charge in [0, 0.05) is 17.3 Å². The number of amides is 1. The molecular weight excluding hydrogens is 272 g/mol. The lowest BCUT2D eigenvalue weighted by atomic mass is 10.1. The Hall–Kier alpha value is -2.81. The highest BCUT2D eigenvalue weighted by Gasteiger charge is 2.03. The van der Waals surface area contributed by atoms with Crippen molar-refractivity contribution in [3.8, 4) is 0 Å². The molecule has 110 valence electrons. The quantitative estimate of drug-likeness (QED) is 0.704. The van der Waals surface area contributed by atoms with Gasteiger partial charge in [0.05, 0.1) is 6.54 Å². The molecule has 1 heterocycles. The van der Waals surface area contributed by atoms with E-state index in [2.05, 4.69) is 22.4 Å². The first-order valence-electron chi connectivity index (χ1n) is 7.30. The fourth-order valence-corrected chi connectivity index (χ4v) is 2.44. The van der Waals surface area contributed by atoms with Gasteiger partial charge in [-0.25, -0.2) is 0 Å². The van der Waals surface area contributed by atoms with E-state index >= 15 is 0 Å². The third kappa shape index (κ3) is 3.26. The number of hydrogen-bond donors (Lipinski definition) is 2. The Morgan fingerprint density at radius 1 is 1.09 bits per heavy atom. The summed E-state index contributed by atoms with van der Waals surface area (Å²) in [5.41, 5.74) is 4.10. The summed E-state index contributed by atoms with van der Waals surface area (Å²) in [6, 6.07) is 20.0. The van der Waals surface area contributed by atoms with Gasteiger partial charge < -0.3 is 10.3 Å². The lowest BCUT2D eigenvalue weighted by Gasteiger charge is -2.03. The van der Waals surface area contributed by atoms with E-state index in [0.29, 0.717) is 6.54 Å². The molecule has 0 atom stereocenters. The van der Waals surface area contributed by atoms with Gasteiger partial charge in [-0.05, 0) is 35.6 Å². The average molecular weight is 290 g/mol. The monoisotopic (exact) mass is 290 g/mol. The van der Waals surface area contributed by atoms with Gasteiger partial charge in [-0.3, -0.25) is 4.79 Å². The van der Waals surface area contributed by atoms with Crippen molar-refractivity contribution >= 4 is 22.4 Å². The van der Waals surface area contributed by atoms with Gasteiger partial charge in [0.15, 0.2) is 0 Å². The maximum absolute atomic E-state index is 12.0. The Kier molecular flexibility index (Phi) is 4.05. The predicted octanol–water partition coefficient (Wildman–Crippen LogP) is 3.89. The van der Waals surface area contributed by atoms with Crippen LogP contribution in [0.25, 0.3) is 16.5 Å². The molecule has 0 radical (unpaired) electrons. The van der Waals surface area contributed by atoms with Crippen LogP contribution in [-0.4, -0.2) is 10.9 Å². The van der Waals surface area contributed by atoms with E-state index in [-0.39, 0.29) is 5.91 Å². The van der Waals surface area contributed by atoms with Gasteiger partial charge in [-0.1, -0.05) is 48.5 Å². The standard InChI is InChI=1S/C19H18N2O/c1-14(15-7-3-2-4-8-15)11-19(22)20-13-17-12-16-9-5-6-10-18(16)21-17/h2-12,21H,13H2,1H3,(H,20,22). The Morgan fingerprint density at radius 3 is 2.59 bits per heavy atom. The van der Waals surface area contributed by atoms with Crippen molar-refractivity contribution in [3.63, 3.8) is 0 Å². The summed E-state index contributed by atoms with van der Waals surface area (Å²) in [7, 11) is 0. The first-order valence-corrected chi connectivity index (χ1v) is 7.30. The van der Waals surface area contributed by atoms with Crippen LogP contribution in [0.2, 0.25) is 0 Å². The molecule has 0 bridgehead atoms. The lowest BCUT2D eigenvalue weighted by Crippen LogP contribution is -2.20. The minimum absolute atomic E-state index is 0.0833. The van der Waals surface area contributed by atoms with Gasteiger partial charge >= 0.3 is 0 Å². The zero-order chi connectivity index (χ0) is 15.4. The molecule has 2 N–H and O–H groups in total. The number of hydrogen-bond acceptors (Lipinski definition) is 1. The molecule has 2 aromatic carbocycles. The molecule has 0 saturated heterocycles. The fraction of sp³-hybridized carbons (Fsp3) is 0.105. The van der Waals surface area contributed by atoms with E-state index in [1.54, 1.807) is 6.08 Å². The minimum Gasteiger partial charge on any atom is -0.357 e. The van der Waals surface area contributed by atoms with Crippen LogP contribution >= 0.6 is 0 Å². The van der Waals surface area contributed by atoms with E-state index in [0.717, 1.165) is 27.7 Å². The fourth-order valence-electron chi connectivity index (χ4n) is 2.44. The molecule has 0 unspecified atom stereocenters. The Bertz CT molecular complexity index is 783. The van der Waals surface area contributed by atoms with Crippen LogP contribution in [-0.2, 0) is 11.3 Å². The van der Waals surface area contributed by atoms with Crippen molar-refractivity contribution in [1.29, 1.82) is 0 Å². The van der Waals surface area contributed by atoms with Crippen LogP contribution in [0.5, 0.6) is 0 Å². The number of H-pyrrole nitrogens is 1. The molecule has 3 rings (SSSR count). The third-order valence-electron chi connectivity index (χ3n) is 3.62. The van der Waals surface area contributed by atoms with Crippen molar-refractivity contribution in [3.05, 3.63) is 78.0 Å². The molecule has 1 amide bonds. The van der Waals surface area contributed by atoms with Crippen LogP contribution < -0.4 is 5.32 Å². The second kappa shape index (κ2) is 6.31. The van der Waals surface area contributed by atoms with E-state index in [9.17, 15) is 4.79 Å². The molecule has 1 aromatic heterocycles. The second-order valence-electron chi connectivity index (χ2n) is 5.29. The first-order chi connectivity index (χ1) is 10.7. The second-order valence-corrected chi connectivity index (χ2v) is 5.29. The topological polar surface area (TPSA) is 44.9 Å². The Labute approximate surface area is 129 Å². The number of benzene rings is 2. The lowest BCUT2D eigenvalue weighted by molar-refractivity contribution is -0.116. The summed E-state index contributed by atoms with van der Waals surface area (Å²) in [5.74, 6) is -0.0833. The van der Waals surface area contributed by atoms with E-state index in [4.69, 9.17) is 0 Å². The van der Waals surface area contributed by atoms with Gasteiger partial charge in [0.1, 0.15) is 0 Å². The number of carbonyl (C=O) groups is 1. The van der Waals surface area contributed by atoms with Gasteiger partial charge in [0.2, 0.25) is 5.91 Å². The highest BCUT2D eigenvalue weighted by molar-refractivity contribution is 5.94. The van der Waals surface area contributed by atoms with Crippen LogP contribution in [0.15, 0.2) is 66.7 Å². The number of allylic oxidation sites excluding steroid dienone is 1. The largest absolute Gasteiger partial charge is 0.357 e. The summed E-state index contributed by atoms with van der Waals surface area (Å²) in [5, 5.41) is 4.07. The number of aromatic nitrogens is 1. The number of nitrogens with one attached hydrogen (secondary N) is 2. The average Bonchev–Trinajstić information content (AvgIpc) is 2.96. The molecule has 3 heteroatoms. The SMILES string of the molecule is CC(=CC(=O)NCc1cc2ccccc2[nH]1)c1ccccc1. The maximum atomic E-state index is 12.0. The molecule has 0 aliphatic heterocycles. The van der Waals surface area contributed by atoms with Crippen molar-refractivity contribution in [2.24, 2.45) is 0 Å². The normalized spacial score (nSPS) is 11.6. The number of fused-ring (bicyclic) bond motifs is 1. The van der Waals surface area contributed by atoms with Crippen LogP contribution in [0, 0.1) is 0 Å². The van der Waals surface area contributed by atoms with E-state index in [1.165, 1.54) is 0 Å². The Balaban J connectivity index is 1.65. The molecule has 3 nitrogen and oxygen atoms in total. The molecular formula is C19H18N2O. The Morgan fingerprint density at radius 2 is 1.82 bits per heavy atom. The third-order valence-corrected chi connectivity index (χ3v) is 3.62. The molecule has 0 aliphatic rings. The first kappa shape index (κ1) is 14.1. The molecule has 0 aliphatic carbocycles. The molecule has 0 fully saturated rings. The van der Waals surface area contributed by atoms with Gasteiger partial charge in [-0.2, -0.15) is 0 Å². The zero-order valence-electron chi connectivity index (χ0n) is 12.5. The van der Waals surface area contributed by atoms with E-state index in [1.807, 2.05) is 55.5 Å². The van der Waals surface area contributed by atoms with Crippen LogP contribution in [0.4, 0.5) is 0 Å². The minimum atomic E-state index is -0.0833. The summed E-state index contributed by atoms with van der Waals surface area (Å²) in [4.78, 5) is 15.3. The molecule has 0 saturated carbocycles. The van der Waals surface area contributed by atoms with Crippen LogP contribution in [0.1, 0.15) is 18.2 Å². The number of para-hydroxylation sites is 1.